The van der Waals surface area contributed by atoms with Gasteiger partial charge in [0.25, 0.3) is 0 Å². The van der Waals surface area contributed by atoms with Crippen molar-refractivity contribution < 1.29 is 4.74 Å². The Labute approximate surface area is 187 Å². The maximum atomic E-state index is 6.05. The van der Waals surface area contributed by atoms with E-state index in [1.165, 1.54) is 0 Å². The normalized spacial score (nSPS) is 11.6. The van der Waals surface area contributed by atoms with Crippen molar-refractivity contribution in [1.29, 1.82) is 0 Å². The minimum atomic E-state index is 0.584. The van der Waals surface area contributed by atoms with Gasteiger partial charge in [0.05, 0.1) is 29.7 Å². The van der Waals surface area contributed by atoms with Gasteiger partial charge in [-0.05, 0) is 51.1 Å². The predicted molar refractivity (Wildman–Crippen MR) is 128 cm³/mol. The molecule has 2 N–H and O–H groups in total. The van der Waals surface area contributed by atoms with E-state index >= 15 is 0 Å². The van der Waals surface area contributed by atoms with Crippen molar-refractivity contribution in [1.82, 2.24) is 19.9 Å². The van der Waals surface area contributed by atoms with Crippen LogP contribution in [-0.4, -0.2) is 39.6 Å². The number of nitrogens with zero attached hydrogens (tertiary/aromatic N) is 4. The third kappa shape index (κ3) is 3.36. The van der Waals surface area contributed by atoms with Crippen LogP contribution in [0.25, 0.3) is 33.9 Å². The average molecular weight is 427 g/mol. The number of hydrogen-bond donors (Lipinski definition) is 2. The Hall–Kier alpha value is -3.87. The van der Waals surface area contributed by atoms with Gasteiger partial charge >= 0.3 is 0 Å². The molecule has 1 aliphatic heterocycles. The Morgan fingerprint density at radius 2 is 1.84 bits per heavy atom. The smallest absolute Gasteiger partial charge is 0.142 e. The van der Waals surface area contributed by atoms with Crippen LogP contribution in [0.2, 0.25) is 0 Å². The maximum Gasteiger partial charge on any atom is 0.142 e. The molecular formula is C25H26N6O. The third-order valence-electron chi connectivity index (χ3n) is 5.76. The van der Waals surface area contributed by atoms with E-state index in [2.05, 4.69) is 57.2 Å². The summed E-state index contributed by atoms with van der Waals surface area (Å²) in [6, 6.07) is 12.3. The van der Waals surface area contributed by atoms with Gasteiger partial charge in [0, 0.05) is 48.4 Å². The highest BCUT2D eigenvalue weighted by atomic mass is 16.5. The molecule has 162 valence electrons. The Morgan fingerprint density at radius 1 is 0.969 bits per heavy atom. The lowest BCUT2D eigenvalue weighted by molar-refractivity contribution is 0.341. The first-order chi connectivity index (χ1) is 15.7. The molecule has 0 atom stereocenters. The number of aromatic nitrogens is 4. The van der Waals surface area contributed by atoms with Crippen LogP contribution in [0.5, 0.6) is 5.75 Å². The number of anilines is 3. The largest absolute Gasteiger partial charge is 0.493 e. The van der Waals surface area contributed by atoms with Gasteiger partial charge in [-0.25, -0.2) is 9.97 Å². The van der Waals surface area contributed by atoms with E-state index in [1.54, 1.807) is 12.4 Å². The number of H-pyrrole nitrogens is 1. The summed E-state index contributed by atoms with van der Waals surface area (Å²) in [5.41, 5.74) is 6.71. The number of aromatic amines is 1. The van der Waals surface area contributed by atoms with Crippen molar-refractivity contribution in [2.24, 2.45) is 0 Å². The average Bonchev–Trinajstić information content (AvgIpc) is 3.21. The minimum absolute atomic E-state index is 0.584. The topological polar surface area (TPSA) is 79.0 Å². The van der Waals surface area contributed by atoms with Crippen LogP contribution in [0.1, 0.15) is 20.8 Å². The molecule has 5 rings (SSSR count). The first kappa shape index (κ1) is 20.1. The molecule has 0 spiro atoms. The second-order valence-corrected chi connectivity index (χ2v) is 7.54. The van der Waals surface area contributed by atoms with Gasteiger partial charge in [-0.15, -0.1) is 0 Å². The molecule has 4 aromatic rings. The number of imidazole rings is 1. The number of hydrogen-bond acceptors (Lipinski definition) is 6. The van der Waals surface area contributed by atoms with Crippen LogP contribution < -0.4 is 15.0 Å². The van der Waals surface area contributed by atoms with E-state index in [0.717, 1.165) is 69.9 Å². The van der Waals surface area contributed by atoms with E-state index in [4.69, 9.17) is 9.72 Å². The fourth-order valence-electron chi connectivity index (χ4n) is 4.19. The summed E-state index contributed by atoms with van der Waals surface area (Å²) in [5, 5.41) is 3.40. The zero-order chi connectivity index (χ0) is 22.1. The van der Waals surface area contributed by atoms with Crippen LogP contribution >= 0.6 is 0 Å². The second-order valence-electron chi connectivity index (χ2n) is 7.54. The zero-order valence-corrected chi connectivity index (χ0v) is 18.5. The van der Waals surface area contributed by atoms with Crippen molar-refractivity contribution in [2.45, 2.75) is 20.8 Å². The Bertz CT molecular complexity index is 1200. The van der Waals surface area contributed by atoms with E-state index in [0.29, 0.717) is 6.61 Å². The van der Waals surface area contributed by atoms with Crippen molar-refractivity contribution >= 4 is 17.2 Å². The second kappa shape index (κ2) is 8.34. The molecule has 0 unspecified atom stereocenters. The fourth-order valence-corrected chi connectivity index (χ4v) is 4.19. The number of benzene rings is 1. The molecule has 0 amide bonds. The fraction of sp³-hybridized carbons (Fsp3) is 0.240. The predicted octanol–water partition coefficient (Wildman–Crippen LogP) is 5.50. The molecule has 7 heteroatoms. The molecule has 3 aromatic heterocycles. The molecule has 7 nitrogen and oxygen atoms in total. The lowest BCUT2D eigenvalue weighted by Crippen LogP contribution is -2.21. The number of ether oxygens (including phenoxy) is 1. The van der Waals surface area contributed by atoms with E-state index in [9.17, 15) is 0 Å². The lowest BCUT2D eigenvalue weighted by atomic mass is 10.1. The van der Waals surface area contributed by atoms with Gasteiger partial charge < -0.3 is 19.9 Å². The first-order valence-corrected chi connectivity index (χ1v) is 11.0. The summed E-state index contributed by atoms with van der Waals surface area (Å²) in [7, 11) is 0. The number of rotatable bonds is 6. The quantitative estimate of drug-likeness (QED) is 0.373. The van der Waals surface area contributed by atoms with Gasteiger partial charge in [0.15, 0.2) is 0 Å². The maximum absolute atomic E-state index is 6.05. The number of nitrogens with one attached hydrogen (secondary N) is 2. The van der Waals surface area contributed by atoms with Crippen molar-refractivity contribution in [3.8, 4) is 39.7 Å². The summed E-state index contributed by atoms with van der Waals surface area (Å²) in [6.07, 6.45) is 5.38. The molecule has 0 saturated carbocycles. The Kier molecular flexibility index (Phi) is 5.23. The molecule has 0 aliphatic carbocycles. The van der Waals surface area contributed by atoms with Crippen LogP contribution in [0.4, 0.5) is 17.2 Å². The van der Waals surface area contributed by atoms with E-state index in [1.807, 2.05) is 31.3 Å². The lowest BCUT2D eigenvalue weighted by Gasteiger charge is -2.22. The standard InChI is InChI=1S/C25H26N6O/c1-4-31(5-2)16-9-10-18(21(14-16)32-6-3)25-29-22-17-11-13-26-15-20(17)28-24-19(23(22)30-25)8-7-12-27-24/h7-15H,4-6H2,1-3H3,(H,27,28)(H,29,30). The number of pyridine rings is 2. The van der Waals surface area contributed by atoms with Crippen LogP contribution in [0.15, 0.2) is 55.0 Å². The molecule has 4 heterocycles. The highest BCUT2D eigenvalue weighted by Crippen LogP contribution is 2.44. The van der Waals surface area contributed by atoms with Crippen LogP contribution in [0, 0.1) is 0 Å². The van der Waals surface area contributed by atoms with Crippen LogP contribution in [0.3, 0.4) is 0 Å². The molecule has 1 aromatic carbocycles. The summed E-state index contributed by atoms with van der Waals surface area (Å²) < 4.78 is 6.05. The molecular weight excluding hydrogens is 400 g/mol. The Balaban J connectivity index is 1.69. The summed E-state index contributed by atoms with van der Waals surface area (Å²) in [5.74, 6) is 2.35. The molecule has 32 heavy (non-hydrogen) atoms. The van der Waals surface area contributed by atoms with Crippen molar-refractivity contribution in [3.63, 3.8) is 0 Å². The molecule has 0 radical (unpaired) electrons. The summed E-state index contributed by atoms with van der Waals surface area (Å²) in [4.78, 5) is 19.7. The SMILES string of the molecule is CCOc1cc(N(CC)CC)ccc1-c1nc2c([nH]1)-c1ccncc1Nc1ncccc1-2. The van der Waals surface area contributed by atoms with E-state index < -0.39 is 0 Å². The molecule has 0 bridgehead atoms. The first-order valence-electron chi connectivity index (χ1n) is 11.0. The van der Waals surface area contributed by atoms with Gasteiger partial charge in [-0.3, -0.25) is 4.98 Å². The molecule has 0 saturated heterocycles. The number of fused-ring (bicyclic) bond motifs is 5. The van der Waals surface area contributed by atoms with Crippen molar-refractivity contribution in [3.05, 3.63) is 55.0 Å². The highest BCUT2D eigenvalue weighted by molar-refractivity contribution is 5.95. The zero-order valence-electron chi connectivity index (χ0n) is 18.5. The van der Waals surface area contributed by atoms with Crippen molar-refractivity contribution in [2.75, 3.05) is 29.9 Å². The van der Waals surface area contributed by atoms with Gasteiger partial charge in [0.1, 0.15) is 23.1 Å². The molecule has 1 aliphatic rings. The van der Waals surface area contributed by atoms with Gasteiger partial charge in [-0.1, -0.05) is 0 Å². The van der Waals surface area contributed by atoms with Gasteiger partial charge in [0.2, 0.25) is 0 Å². The van der Waals surface area contributed by atoms with Gasteiger partial charge in [-0.2, -0.15) is 0 Å². The Morgan fingerprint density at radius 3 is 2.66 bits per heavy atom. The van der Waals surface area contributed by atoms with Crippen LogP contribution in [-0.2, 0) is 0 Å². The summed E-state index contributed by atoms with van der Waals surface area (Å²) >= 11 is 0. The monoisotopic (exact) mass is 426 g/mol. The highest BCUT2D eigenvalue weighted by Gasteiger charge is 2.25. The molecule has 0 fully saturated rings. The minimum Gasteiger partial charge on any atom is -0.493 e. The third-order valence-corrected chi connectivity index (χ3v) is 5.76. The summed E-state index contributed by atoms with van der Waals surface area (Å²) in [6.45, 7) is 8.79. The van der Waals surface area contributed by atoms with E-state index in [-0.39, 0.29) is 0 Å².